The fourth-order valence-corrected chi connectivity index (χ4v) is 2.24. The van der Waals surface area contributed by atoms with E-state index in [1.54, 1.807) is 0 Å². The van der Waals surface area contributed by atoms with Gasteiger partial charge in [-0.1, -0.05) is 24.3 Å². The molecule has 2 rings (SSSR count). The van der Waals surface area contributed by atoms with Crippen molar-refractivity contribution in [2.24, 2.45) is 0 Å². The molecule has 0 saturated heterocycles. The molecule has 0 aromatic heterocycles. The molecular weight excluding hydrogens is 308 g/mol. The Kier molecular flexibility index (Phi) is 5.71. The maximum atomic E-state index is 11.9. The average molecular weight is 328 g/mol. The van der Waals surface area contributed by atoms with Crippen molar-refractivity contribution in [3.63, 3.8) is 0 Å². The first-order chi connectivity index (χ1) is 11.0. The molecule has 0 atom stereocenters. The van der Waals surface area contributed by atoms with Crippen molar-refractivity contribution < 1.29 is 9.53 Å². The maximum absolute atomic E-state index is 11.9. The lowest BCUT2D eigenvalue weighted by molar-refractivity contribution is -0.121. The van der Waals surface area contributed by atoms with Gasteiger partial charge in [0, 0.05) is 5.69 Å². The Morgan fingerprint density at radius 1 is 1.04 bits per heavy atom. The summed E-state index contributed by atoms with van der Waals surface area (Å²) in [5.74, 6) is 0.394. The number of nitrogens with one attached hydrogen (secondary N) is 2. The average Bonchev–Trinajstić information content (AvgIpc) is 2.50. The van der Waals surface area contributed by atoms with Crippen molar-refractivity contribution in [3.8, 4) is 5.75 Å². The zero-order chi connectivity index (χ0) is 16.8. The molecule has 0 aliphatic heterocycles. The molecule has 4 nitrogen and oxygen atoms in total. The molecule has 120 valence electrons. The lowest BCUT2D eigenvalue weighted by Crippen LogP contribution is -2.37. The van der Waals surface area contributed by atoms with E-state index in [0.717, 1.165) is 16.8 Å². The van der Waals surface area contributed by atoms with E-state index in [-0.39, 0.29) is 17.6 Å². The van der Waals surface area contributed by atoms with Crippen LogP contribution in [0.4, 0.5) is 5.69 Å². The lowest BCUT2D eigenvalue weighted by atomic mass is 10.1. The number of aryl methyl sites for hydroxylation is 3. The number of hydrogen-bond donors (Lipinski definition) is 2. The van der Waals surface area contributed by atoms with Gasteiger partial charge in [0.25, 0.3) is 5.91 Å². The minimum absolute atomic E-state index is 0.0837. The number of carbonyl (C=O) groups is 1. The zero-order valence-corrected chi connectivity index (χ0v) is 14.3. The van der Waals surface area contributed by atoms with Crippen molar-refractivity contribution in [3.05, 3.63) is 59.2 Å². The minimum atomic E-state index is -0.297. The molecule has 2 aromatic rings. The summed E-state index contributed by atoms with van der Waals surface area (Å²) in [5, 5.41) is 5.86. The highest BCUT2D eigenvalue weighted by atomic mass is 32.1. The molecule has 0 spiro atoms. The normalized spacial score (nSPS) is 10.0. The van der Waals surface area contributed by atoms with E-state index in [1.165, 1.54) is 5.56 Å². The predicted octanol–water partition coefficient (Wildman–Crippen LogP) is 3.50. The van der Waals surface area contributed by atoms with E-state index in [9.17, 15) is 4.79 Å². The summed E-state index contributed by atoms with van der Waals surface area (Å²) in [7, 11) is 0. The Morgan fingerprint density at radius 2 is 1.78 bits per heavy atom. The van der Waals surface area contributed by atoms with E-state index in [0.29, 0.717) is 5.75 Å². The summed E-state index contributed by atoms with van der Waals surface area (Å²) in [5.41, 5.74) is 4.19. The van der Waals surface area contributed by atoms with Crippen LogP contribution in [-0.4, -0.2) is 17.6 Å². The summed E-state index contributed by atoms with van der Waals surface area (Å²) in [6.45, 7) is 5.92. The van der Waals surface area contributed by atoms with E-state index in [1.807, 2.05) is 63.2 Å². The second kappa shape index (κ2) is 7.74. The molecule has 0 aliphatic carbocycles. The molecule has 0 aliphatic rings. The topological polar surface area (TPSA) is 50.4 Å². The van der Waals surface area contributed by atoms with Gasteiger partial charge < -0.3 is 10.1 Å². The van der Waals surface area contributed by atoms with E-state index in [2.05, 4.69) is 10.6 Å². The van der Waals surface area contributed by atoms with Crippen LogP contribution in [0.2, 0.25) is 0 Å². The van der Waals surface area contributed by atoms with E-state index in [4.69, 9.17) is 17.0 Å². The number of ether oxygens (including phenoxy) is 1. The van der Waals surface area contributed by atoms with Crippen LogP contribution < -0.4 is 15.4 Å². The Bertz CT molecular complexity index is 729. The van der Waals surface area contributed by atoms with Crippen LogP contribution in [0, 0.1) is 20.8 Å². The monoisotopic (exact) mass is 328 g/mol. The number of anilines is 1. The maximum Gasteiger partial charge on any atom is 0.264 e. The molecule has 0 saturated carbocycles. The van der Waals surface area contributed by atoms with Gasteiger partial charge in [0.1, 0.15) is 5.75 Å². The number of amides is 1. The van der Waals surface area contributed by atoms with Crippen LogP contribution in [0.25, 0.3) is 0 Å². The van der Waals surface area contributed by atoms with Gasteiger partial charge in [0.2, 0.25) is 0 Å². The molecule has 23 heavy (non-hydrogen) atoms. The van der Waals surface area contributed by atoms with Crippen LogP contribution >= 0.6 is 12.2 Å². The highest BCUT2D eigenvalue weighted by molar-refractivity contribution is 7.80. The van der Waals surface area contributed by atoms with Crippen LogP contribution in [0.3, 0.4) is 0 Å². The summed E-state index contributed by atoms with van der Waals surface area (Å²) in [6, 6.07) is 13.5. The van der Waals surface area contributed by atoms with Gasteiger partial charge in [-0.3, -0.25) is 10.1 Å². The number of benzene rings is 2. The first-order valence-corrected chi connectivity index (χ1v) is 7.73. The summed E-state index contributed by atoms with van der Waals surface area (Å²) in [4.78, 5) is 11.9. The number of para-hydroxylation sites is 1. The second-order valence-electron chi connectivity index (χ2n) is 5.36. The highest BCUT2D eigenvalue weighted by Gasteiger charge is 2.07. The summed E-state index contributed by atoms with van der Waals surface area (Å²) in [6.07, 6.45) is 0. The molecule has 0 fully saturated rings. The molecule has 0 radical (unpaired) electrons. The molecule has 0 unspecified atom stereocenters. The summed E-state index contributed by atoms with van der Waals surface area (Å²) >= 11 is 5.15. The SMILES string of the molecule is Cc1ccc(NC(=S)NC(=O)COc2ccccc2C)cc1C. The zero-order valence-electron chi connectivity index (χ0n) is 13.5. The van der Waals surface area contributed by atoms with Gasteiger partial charge in [0.05, 0.1) is 0 Å². The van der Waals surface area contributed by atoms with Crippen molar-refractivity contribution in [1.82, 2.24) is 5.32 Å². The highest BCUT2D eigenvalue weighted by Crippen LogP contribution is 2.16. The number of rotatable bonds is 4. The molecular formula is C18H20N2O2S. The predicted molar refractivity (Wildman–Crippen MR) is 97.0 cm³/mol. The fourth-order valence-electron chi connectivity index (χ4n) is 2.01. The van der Waals surface area contributed by atoms with Gasteiger partial charge in [-0.05, 0) is 67.9 Å². The smallest absolute Gasteiger partial charge is 0.264 e. The third kappa shape index (κ3) is 5.07. The first-order valence-electron chi connectivity index (χ1n) is 7.32. The summed E-state index contributed by atoms with van der Waals surface area (Å²) < 4.78 is 5.49. The number of carbonyl (C=O) groups excluding carboxylic acids is 1. The Balaban J connectivity index is 1.84. The molecule has 0 bridgehead atoms. The minimum Gasteiger partial charge on any atom is -0.483 e. The largest absolute Gasteiger partial charge is 0.483 e. The van der Waals surface area contributed by atoms with Crippen LogP contribution in [-0.2, 0) is 4.79 Å². The van der Waals surface area contributed by atoms with E-state index >= 15 is 0 Å². The Hall–Kier alpha value is -2.40. The van der Waals surface area contributed by atoms with Crippen molar-refractivity contribution in [1.29, 1.82) is 0 Å². The third-order valence-corrected chi connectivity index (χ3v) is 3.67. The Labute approximate surface area is 141 Å². The lowest BCUT2D eigenvalue weighted by Gasteiger charge is -2.12. The van der Waals surface area contributed by atoms with Gasteiger partial charge >= 0.3 is 0 Å². The van der Waals surface area contributed by atoms with Gasteiger partial charge in [-0.25, -0.2) is 0 Å². The molecule has 1 amide bonds. The third-order valence-electron chi connectivity index (χ3n) is 3.47. The number of hydrogen-bond acceptors (Lipinski definition) is 3. The molecule has 2 N–H and O–H groups in total. The van der Waals surface area contributed by atoms with E-state index < -0.39 is 0 Å². The molecule has 0 heterocycles. The van der Waals surface area contributed by atoms with Crippen LogP contribution in [0.1, 0.15) is 16.7 Å². The van der Waals surface area contributed by atoms with Gasteiger partial charge in [-0.15, -0.1) is 0 Å². The van der Waals surface area contributed by atoms with Crippen LogP contribution in [0.15, 0.2) is 42.5 Å². The van der Waals surface area contributed by atoms with Crippen LogP contribution in [0.5, 0.6) is 5.75 Å². The van der Waals surface area contributed by atoms with Crippen molar-refractivity contribution >= 4 is 28.9 Å². The molecule has 5 heteroatoms. The second-order valence-corrected chi connectivity index (χ2v) is 5.76. The first kappa shape index (κ1) is 17.0. The van der Waals surface area contributed by atoms with Crippen molar-refractivity contribution in [2.45, 2.75) is 20.8 Å². The standard InChI is InChI=1S/C18H20N2O2S/c1-12-8-9-15(10-14(12)3)19-18(23)20-17(21)11-22-16-7-5-4-6-13(16)2/h4-10H,11H2,1-3H3,(H2,19,20,21,23). The molecule has 2 aromatic carbocycles. The van der Waals surface area contributed by atoms with Crippen molar-refractivity contribution in [2.75, 3.05) is 11.9 Å². The fraction of sp³-hybridized carbons (Fsp3) is 0.222. The van der Waals surface area contributed by atoms with Gasteiger partial charge in [-0.2, -0.15) is 0 Å². The quantitative estimate of drug-likeness (QED) is 0.844. The Morgan fingerprint density at radius 3 is 2.48 bits per heavy atom. The number of thiocarbonyl (C=S) groups is 1. The van der Waals surface area contributed by atoms with Gasteiger partial charge in [0.15, 0.2) is 11.7 Å².